The van der Waals surface area contributed by atoms with E-state index in [0.29, 0.717) is 11.4 Å². The average Bonchev–Trinajstić information content (AvgIpc) is 3.11. The molecule has 1 N–H and O–H groups in total. The standard InChI is InChI=1S/C23H22N4O4/c1-15-13-16-5-3-4-6-20(16)27(15)23(30)19-11-12-22(29)26(25-19)14-21(28)24-17-7-9-18(31-2)10-8-17/h3-12,15H,13-14H2,1-2H3,(H,24,28). The molecule has 1 aromatic heterocycles. The second kappa shape index (κ2) is 8.43. The molecule has 1 atom stereocenters. The number of carbonyl (C=O) groups is 2. The van der Waals surface area contributed by atoms with Gasteiger partial charge in [0.2, 0.25) is 5.91 Å². The van der Waals surface area contributed by atoms with Gasteiger partial charge in [-0.05, 0) is 55.3 Å². The Morgan fingerprint density at radius 1 is 1.10 bits per heavy atom. The molecule has 8 heteroatoms. The summed E-state index contributed by atoms with van der Waals surface area (Å²) in [5.41, 5.74) is 2.15. The van der Waals surface area contributed by atoms with Crippen molar-refractivity contribution in [2.75, 3.05) is 17.3 Å². The van der Waals surface area contributed by atoms with E-state index in [0.717, 1.165) is 22.4 Å². The van der Waals surface area contributed by atoms with Crippen molar-refractivity contribution in [1.82, 2.24) is 9.78 Å². The Kier molecular flexibility index (Phi) is 5.53. The van der Waals surface area contributed by atoms with Gasteiger partial charge >= 0.3 is 0 Å². The van der Waals surface area contributed by atoms with Crippen molar-refractivity contribution in [3.05, 3.63) is 82.3 Å². The Morgan fingerprint density at radius 2 is 1.84 bits per heavy atom. The van der Waals surface area contributed by atoms with E-state index in [1.54, 1.807) is 36.3 Å². The summed E-state index contributed by atoms with van der Waals surface area (Å²) in [5.74, 6) is -0.0640. The molecule has 31 heavy (non-hydrogen) atoms. The quantitative estimate of drug-likeness (QED) is 0.687. The summed E-state index contributed by atoms with van der Waals surface area (Å²) in [7, 11) is 1.56. The number of hydrogen-bond donors (Lipinski definition) is 1. The summed E-state index contributed by atoms with van der Waals surface area (Å²) in [4.78, 5) is 39.5. The summed E-state index contributed by atoms with van der Waals surface area (Å²) in [6.45, 7) is 1.66. The number of aromatic nitrogens is 2. The fourth-order valence-corrected chi connectivity index (χ4v) is 3.69. The highest BCUT2D eigenvalue weighted by molar-refractivity contribution is 6.06. The van der Waals surface area contributed by atoms with Gasteiger partial charge in [0.25, 0.3) is 11.5 Å². The van der Waals surface area contributed by atoms with Gasteiger partial charge in [-0.15, -0.1) is 0 Å². The van der Waals surface area contributed by atoms with E-state index in [1.807, 2.05) is 31.2 Å². The van der Waals surface area contributed by atoms with Crippen LogP contribution in [0.4, 0.5) is 11.4 Å². The van der Waals surface area contributed by atoms with E-state index >= 15 is 0 Å². The van der Waals surface area contributed by atoms with Crippen LogP contribution in [0.15, 0.2) is 65.5 Å². The summed E-state index contributed by atoms with van der Waals surface area (Å²) in [6.07, 6.45) is 0.756. The van der Waals surface area contributed by atoms with Crippen LogP contribution in [-0.2, 0) is 17.8 Å². The summed E-state index contributed by atoms with van der Waals surface area (Å²) < 4.78 is 6.09. The van der Waals surface area contributed by atoms with Gasteiger partial charge in [0.1, 0.15) is 18.0 Å². The number of nitrogens with zero attached hydrogens (tertiary/aromatic N) is 3. The fourth-order valence-electron chi connectivity index (χ4n) is 3.69. The normalized spacial score (nSPS) is 14.8. The van der Waals surface area contributed by atoms with Gasteiger partial charge in [0.15, 0.2) is 0 Å². The van der Waals surface area contributed by atoms with Gasteiger partial charge in [-0.2, -0.15) is 5.10 Å². The molecule has 0 bridgehead atoms. The molecule has 4 rings (SSSR count). The lowest BCUT2D eigenvalue weighted by atomic mass is 10.1. The number of rotatable bonds is 5. The van der Waals surface area contributed by atoms with Crippen molar-refractivity contribution in [2.24, 2.45) is 0 Å². The molecule has 158 valence electrons. The van der Waals surface area contributed by atoms with Crippen LogP contribution in [0, 0.1) is 0 Å². The second-order valence-corrected chi connectivity index (χ2v) is 7.35. The second-order valence-electron chi connectivity index (χ2n) is 7.35. The summed E-state index contributed by atoms with van der Waals surface area (Å²) in [5, 5.41) is 6.87. The lowest BCUT2D eigenvalue weighted by Gasteiger charge is -2.22. The van der Waals surface area contributed by atoms with Gasteiger partial charge in [-0.3, -0.25) is 14.4 Å². The van der Waals surface area contributed by atoms with Crippen LogP contribution >= 0.6 is 0 Å². The maximum Gasteiger partial charge on any atom is 0.278 e. The highest BCUT2D eigenvalue weighted by Crippen LogP contribution is 2.32. The minimum Gasteiger partial charge on any atom is -0.497 e. The molecule has 0 saturated heterocycles. The van der Waals surface area contributed by atoms with E-state index in [2.05, 4.69) is 10.4 Å². The van der Waals surface area contributed by atoms with E-state index in [-0.39, 0.29) is 24.2 Å². The van der Waals surface area contributed by atoms with Crippen molar-refractivity contribution >= 4 is 23.2 Å². The first kappa shape index (κ1) is 20.3. The first-order valence-electron chi connectivity index (χ1n) is 9.90. The SMILES string of the molecule is COc1ccc(NC(=O)Cn2nc(C(=O)N3c4ccccc4CC3C)ccc2=O)cc1. The van der Waals surface area contributed by atoms with Gasteiger partial charge < -0.3 is 15.0 Å². The molecule has 0 spiro atoms. The van der Waals surface area contributed by atoms with Gasteiger partial charge in [0, 0.05) is 23.5 Å². The number of anilines is 2. The number of benzene rings is 2. The Bertz CT molecular complexity index is 1190. The van der Waals surface area contributed by atoms with E-state index in [1.165, 1.54) is 12.1 Å². The highest BCUT2D eigenvalue weighted by Gasteiger charge is 2.32. The zero-order valence-corrected chi connectivity index (χ0v) is 17.2. The molecule has 2 amide bonds. The number of fused-ring (bicyclic) bond motifs is 1. The van der Waals surface area contributed by atoms with Crippen LogP contribution < -0.4 is 20.5 Å². The molecule has 0 saturated carbocycles. The molecule has 1 aliphatic rings. The smallest absolute Gasteiger partial charge is 0.278 e. The minimum absolute atomic E-state index is 0.0227. The van der Waals surface area contributed by atoms with Crippen LogP contribution in [-0.4, -0.2) is 34.7 Å². The number of amides is 2. The Morgan fingerprint density at radius 3 is 2.58 bits per heavy atom. The van der Waals surface area contributed by atoms with Crippen molar-refractivity contribution < 1.29 is 14.3 Å². The zero-order chi connectivity index (χ0) is 22.0. The molecule has 0 fully saturated rings. The van der Waals surface area contributed by atoms with Crippen molar-refractivity contribution in [2.45, 2.75) is 25.9 Å². The number of hydrogen-bond acceptors (Lipinski definition) is 5. The fraction of sp³-hybridized carbons (Fsp3) is 0.217. The van der Waals surface area contributed by atoms with Gasteiger partial charge in [-0.25, -0.2) is 4.68 Å². The molecule has 0 aliphatic carbocycles. The molecule has 1 aliphatic heterocycles. The Balaban J connectivity index is 1.52. The van der Waals surface area contributed by atoms with Crippen LogP contribution in [0.3, 0.4) is 0 Å². The molecule has 2 heterocycles. The third-order valence-corrected chi connectivity index (χ3v) is 5.18. The Labute approximate surface area is 179 Å². The summed E-state index contributed by atoms with van der Waals surface area (Å²) in [6, 6.07) is 17.2. The first-order valence-corrected chi connectivity index (χ1v) is 9.90. The number of ether oxygens (including phenoxy) is 1. The van der Waals surface area contributed by atoms with Crippen molar-refractivity contribution in [3.8, 4) is 5.75 Å². The molecular weight excluding hydrogens is 396 g/mol. The largest absolute Gasteiger partial charge is 0.497 e. The van der Waals surface area contributed by atoms with Crippen LogP contribution in [0.2, 0.25) is 0 Å². The predicted octanol–water partition coefficient (Wildman–Crippen LogP) is 2.48. The van der Waals surface area contributed by atoms with Crippen molar-refractivity contribution in [3.63, 3.8) is 0 Å². The average molecular weight is 418 g/mol. The van der Waals surface area contributed by atoms with Crippen LogP contribution in [0.25, 0.3) is 0 Å². The number of carbonyl (C=O) groups excluding carboxylic acids is 2. The third-order valence-electron chi connectivity index (χ3n) is 5.18. The lowest BCUT2D eigenvalue weighted by Crippen LogP contribution is -2.38. The zero-order valence-electron chi connectivity index (χ0n) is 17.2. The van der Waals surface area contributed by atoms with E-state index in [9.17, 15) is 14.4 Å². The highest BCUT2D eigenvalue weighted by atomic mass is 16.5. The molecular formula is C23H22N4O4. The Hall–Kier alpha value is -3.94. The number of para-hydroxylation sites is 1. The van der Waals surface area contributed by atoms with Crippen molar-refractivity contribution in [1.29, 1.82) is 0 Å². The lowest BCUT2D eigenvalue weighted by molar-refractivity contribution is -0.117. The minimum atomic E-state index is -0.462. The topological polar surface area (TPSA) is 93.5 Å². The number of nitrogens with one attached hydrogen (secondary N) is 1. The molecule has 3 aromatic rings. The number of methoxy groups -OCH3 is 1. The third kappa shape index (κ3) is 4.18. The molecule has 2 aromatic carbocycles. The molecule has 1 unspecified atom stereocenters. The maximum absolute atomic E-state index is 13.2. The predicted molar refractivity (Wildman–Crippen MR) is 117 cm³/mol. The molecule has 8 nitrogen and oxygen atoms in total. The van der Waals surface area contributed by atoms with Gasteiger partial charge in [0.05, 0.1) is 7.11 Å². The van der Waals surface area contributed by atoms with Crippen LogP contribution in [0.1, 0.15) is 23.0 Å². The van der Waals surface area contributed by atoms with Gasteiger partial charge in [-0.1, -0.05) is 18.2 Å². The maximum atomic E-state index is 13.2. The van der Waals surface area contributed by atoms with E-state index < -0.39 is 11.5 Å². The van der Waals surface area contributed by atoms with E-state index in [4.69, 9.17) is 4.74 Å². The molecule has 0 radical (unpaired) electrons. The summed E-state index contributed by atoms with van der Waals surface area (Å²) >= 11 is 0. The monoisotopic (exact) mass is 418 g/mol. The van der Waals surface area contributed by atoms with Crippen LogP contribution in [0.5, 0.6) is 5.75 Å². The first-order chi connectivity index (χ1) is 15.0.